The molecule has 1 aromatic heterocycles. The van der Waals surface area contributed by atoms with Crippen molar-refractivity contribution >= 4 is 23.0 Å². The molecule has 3 N–H and O–H groups in total. The Morgan fingerprint density at radius 1 is 1.55 bits per heavy atom. The van der Waals surface area contributed by atoms with Crippen LogP contribution in [0.4, 0.5) is 18.9 Å². The van der Waals surface area contributed by atoms with Crippen molar-refractivity contribution in [3.05, 3.63) is 15.8 Å². The minimum Gasteiger partial charge on any atom is -0.465 e. The molecule has 108 valence electrons. The van der Waals surface area contributed by atoms with E-state index in [4.69, 9.17) is 5.84 Å². The highest BCUT2D eigenvalue weighted by Gasteiger charge is 2.62. The number of anilines is 1. The Kier molecular flexibility index (Phi) is 3.67. The molecular weight excluding hydrogens is 293 g/mol. The number of hydrazine groups is 1. The van der Waals surface area contributed by atoms with Crippen LogP contribution >= 0.6 is 11.3 Å². The maximum Gasteiger partial charge on any atom is 0.405 e. The fraction of sp³-hybridized carbons (Fsp3) is 0.417. The first-order chi connectivity index (χ1) is 9.33. The highest BCUT2D eigenvalue weighted by Crippen LogP contribution is 2.57. The number of halogens is 3. The number of rotatable bonds is 2. The van der Waals surface area contributed by atoms with Gasteiger partial charge < -0.3 is 10.2 Å². The van der Waals surface area contributed by atoms with Gasteiger partial charge in [0.15, 0.2) is 0 Å². The molecule has 20 heavy (non-hydrogen) atoms. The summed E-state index contributed by atoms with van der Waals surface area (Å²) in [6.45, 7) is 0. The molecule has 1 heterocycles. The molecule has 0 bridgehead atoms. The summed E-state index contributed by atoms with van der Waals surface area (Å²) in [6, 6.07) is 1.43. The van der Waals surface area contributed by atoms with Crippen LogP contribution in [0.1, 0.15) is 27.4 Å². The van der Waals surface area contributed by atoms with Crippen molar-refractivity contribution in [3.8, 4) is 11.8 Å². The lowest BCUT2D eigenvalue weighted by Crippen LogP contribution is -2.22. The van der Waals surface area contributed by atoms with E-state index in [9.17, 15) is 18.0 Å². The van der Waals surface area contributed by atoms with E-state index in [0.717, 1.165) is 11.3 Å². The topological polar surface area (TPSA) is 64.3 Å². The third kappa shape index (κ3) is 2.59. The van der Waals surface area contributed by atoms with Gasteiger partial charge in [-0.15, -0.1) is 11.3 Å². The van der Waals surface area contributed by atoms with Gasteiger partial charge in [0.1, 0.15) is 10.3 Å². The molecular formula is C12H11F3N2O2S. The van der Waals surface area contributed by atoms with Crippen LogP contribution in [0.15, 0.2) is 6.07 Å². The van der Waals surface area contributed by atoms with E-state index in [-0.39, 0.29) is 23.4 Å². The second kappa shape index (κ2) is 5.00. The summed E-state index contributed by atoms with van der Waals surface area (Å²) >= 11 is 0.938. The van der Waals surface area contributed by atoms with E-state index in [1.54, 1.807) is 0 Å². The molecule has 0 spiro atoms. The number of hydrogen-bond donors (Lipinski definition) is 2. The van der Waals surface area contributed by atoms with E-state index in [1.807, 2.05) is 0 Å². The Labute approximate surface area is 117 Å². The van der Waals surface area contributed by atoms with Crippen LogP contribution in [-0.4, -0.2) is 19.3 Å². The van der Waals surface area contributed by atoms with Gasteiger partial charge in [0, 0.05) is 0 Å². The van der Waals surface area contributed by atoms with Crippen molar-refractivity contribution in [1.29, 1.82) is 0 Å². The monoisotopic (exact) mass is 304 g/mol. The number of methoxy groups -OCH3 is 1. The second-order valence-corrected chi connectivity index (χ2v) is 5.37. The zero-order valence-corrected chi connectivity index (χ0v) is 11.2. The largest absolute Gasteiger partial charge is 0.465 e. The highest BCUT2D eigenvalue weighted by atomic mass is 32.1. The van der Waals surface area contributed by atoms with E-state index >= 15 is 0 Å². The first-order valence-electron chi connectivity index (χ1n) is 5.61. The predicted molar refractivity (Wildman–Crippen MR) is 68.1 cm³/mol. The van der Waals surface area contributed by atoms with Gasteiger partial charge in [-0.1, -0.05) is 11.8 Å². The van der Waals surface area contributed by atoms with E-state index in [1.165, 1.54) is 13.2 Å². The molecule has 0 saturated heterocycles. The molecule has 0 radical (unpaired) electrons. The minimum absolute atomic E-state index is 0.0146. The number of ether oxygens (including phenoxy) is 1. The van der Waals surface area contributed by atoms with Gasteiger partial charge in [-0.2, -0.15) is 13.2 Å². The number of alkyl halides is 3. The molecule has 0 unspecified atom stereocenters. The highest BCUT2D eigenvalue weighted by molar-refractivity contribution is 7.15. The molecule has 1 aliphatic carbocycles. The average Bonchev–Trinajstić information content (AvgIpc) is 3.09. The van der Waals surface area contributed by atoms with Crippen molar-refractivity contribution < 1.29 is 22.7 Å². The van der Waals surface area contributed by atoms with Crippen LogP contribution in [0.3, 0.4) is 0 Å². The zero-order chi connectivity index (χ0) is 15.0. The SMILES string of the molecule is COC(=O)c1sc(C#CC2(C(F)(F)F)CC2)cc1NN. The zero-order valence-electron chi connectivity index (χ0n) is 10.4. The third-order valence-electron chi connectivity index (χ3n) is 2.98. The molecule has 1 aromatic rings. The first-order valence-corrected chi connectivity index (χ1v) is 6.43. The summed E-state index contributed by atoms with van der Waals surface area (Å²) in [5.41, 5.74) is 0.684. The smallest absolute Gasteiger partial charge is 0.405 e. The van der Waals surface area contributed by atoms with Crippen LogP contribution in [0.5, 0.6) is 0 Å². The fourth-order valence-electron chi connectivity index (χ4n) is 1.59. The molecule has 4 nitrogen and oxygen atoms in total. The number of carbonyl (C=O) groups excluding carboxylic acids is 1. The summed E-state index contributed by atoms with van der Waals surface area (Å²) in [4.78, 5) is 11.9. The van der Waals surface area contributed by atoms with Crippen molar-refractivity contribution in [1.82, 2.24) is 0 Å². The van der Waals surface area contributed by atoms with Crippen LogP contribution in [-0.2, 0) is 4.74 Å². The number of nitrogens with two attached hydrogens (primary N) is 1. The van der Waals surface area contributed by atoms with Crippen LogP contribution in [0, 0.1) is 17.3 Å². The van der Waals surface area contributed by atoms with E-state index in [0.29, 0.717) is 4.88 Å². The van der Waals surface area contributed by atoms with Gasteiger partial charge in [0.25, 0.3) is 0 Å². The Morgan fingerprint density at radius 3 is 2.65 bits per heavy atom. The number of thiophene rings is 1. The van der Waals surface area contributed by atoms with Crippen molar-refractivity contribution in [3.63, 3.8) is 0 Å². The minimum atomic E-state index is -4.32. The van der Waals surface area contributed by atoms with Gasteiger partial charge in [-0.25, -0.2) is 4.79 Å². The Bertz CT molecular complexity index is 594. The summed E-state index contributed by atoms with van der Waals surface area (Å²) in [5, 5.41) is 0. The van der Waals surface area contributed by atoms with Crippen LogP contribution in [0.2, 0.25) is 0 Å². The summed E-state index contributed by atoms with van der Waals surface area (Å²) < 4.78 is 42.7. The van der Waals surface area contributed by atoms with Crippen molar-refractivity contribution in [2.75, 3.05) is 12.5 Å². The Morgan fingerprint density at radius 2 is 2.20 bits per heavy atom. The third-order valence-corrected chi connectivity index (χ3v) is 4.01. The molecule has 8 heteroatoms. The lowest BCUT2D eigenvalue weighted by molar-refractivity contribution is -0.168. The molecule has 1 aliphatic rings. The molecule has 1 saturated carbocycles. The number of hydrogen-bond acceptors (Lipinski definition) is 5. The lowest BCUT2D eigenvalue weighted by Gasteiger charge is -2.11. The second-order valence-electron chi connectivity index (χ2n) is 4.32. The normalized spacial score (nSPS) is 16.1. The number of nitrogens with one attached hydrogen (secondary N) is 1. The predicted octanol–water partition coefficient (Wildman–Crippen LogP) is 2.51. The molecule has 0 atom stereocenters. The molecule has 0 aromatic carbocycles. The summed E-state index contributed by atoms with van der Waals surface area (Å²) in [5.74, 6) is 9.36. The number of esters is 1. The molecule has 2 rings (SSSR count). The van der Waals surface area contributed by atoms with Gasteiger partial charge in [-0.3, -0.25) is 5.84 Å². The maximum absolute atomic E-state index is 12.7. The molecule has 0 amide bonds. The Hall–Kier alpha value is -1.72. The summed E-state index contributed by atoms with van der Waals surface area (Å²) in [7, 11) is 1.20. The molecule has 0 aliphatic heterocycles. The van der Waals surface area contributed by atoms with Crippen LogP contribution in [0.25, 0.3) is 0 Å². The quantitative estimate of drug-likeness (QED) is 0.381. The maximum atomic E-state index is 12.7. The fourth-order valence-corrected chi connectivity index (χ4v) is 2.48. The average molecular weight is 304 g/mol. The summed E-state index contributed by atoms with van der Waals surface area (Å²) in [6.07, 6.45) is -4.29. The van der Waals surface area contributed by atoms with E-state index in [2.05, 4.69) is 22.0 Å². The number of carbonyl (C=O) groups is 1. The van der Waals surface area contributed by atoms with E-state index < -0.39 is 17.6 Å². The Balaban J connectivity index is 2.29. The standard InChI is InChI=1S/C12H11F3N2O2S/c1-19-10(18)9-8(17-16)6-7(20-9)2-3-11(4-5-11)12(13,14)15/h6,17H,4-5,16H2,1H3. The van der Waals surface area contributed by atoms with Gasteiger partial charge in [0.05, 0.1) is 17.7 Å². The molecule has 1 fully saturated rings. The van der Waals surface area contributed by atoms with Gasteiger partial charge in [-0.05, 0) is 18.9 Å². The van der Waals surface area contributed by atoms with Crippen molar-refractivity contribution in [2.24, 2.45) is 11.3 Å². The first kappa shape index (κ1) is 14.7. The van der Waals surface area contributed by atoms with Gasteiger partial charge >= 0.3 is 12.1 Å². The lowest BCUT2D eigenvalue weighted by atomic mass is 10.1. The number of nitrogen functional groups attached to an aromatic ring is 1. The van der Waals surface area contributed by atoms with Gasteiger partial charge in [0.2, 0.25) is 0 Å². The van der Waals surface area contributed by atoms with Crippen LogP contribution < -0.4 is 11.3 Å². The van der Waals surface area contributed by atoms with Crippen molar-refractivity contribution in [2.45, 2.75) is 19.0 Å².